The van der Waals surface area contributed by atoms with Crippen molar-refractivity contribution in [1.82, 2.24) is 14.5 Å². The van der Waals surface area contributed by atoms with Crippen molar-refractivity contribution in [3.8, 4) is 22.9 Å². The lowest BCUT2D eigenvalue weighted by molar-refractivity contribution is 0.102. The number of hydrogen-bond acceptors (Lipinski definition) is 7. The quantitative estimate of drug-likeness (QED) is 0.361. The van der Waals surface area contributed by atoms with Crippen LogP contribution in [0.5, 0.6) is 17.2 Å². The molecule has 2 heterocycles. The number of carbonyl (C=O) groups is 1. The Morgan fingerprint density at radius 3 is 2.19 bits per heavy atom. The van der Waals surface area contributed by atoms with E-state index in [0.29, 0.717) is 39.6 Å². The van der Waals surface area contributed by atoms with Crippen LogP contribution in [0.1, 0.15) is 10.4 Å². The van der Waals surface area contributed by atoms with Crippen LogP contribution in [-0.2, 0) is 0 Å². The number of methoxy groups -OCH3 is 3. The van der Waals surface area contributed by atoms with Crippen LogP contribution < -0.4 is 25.3 Å². The molecule has 9 nitrogen and oxygen atoms in total. The first-order valence-electron chi connectivity index (χ1n) is 10.9. The first kappa shape index (κ1) is 22.9. The number of carbonyl (C=O) groups excluding carboxylic acids is 1. The maximum Gasteiger partial charge on any atom is 0.261 e. The third kappa shape index (κ3) is 3.78. The number of hydrogen-bond donors (Lipinski definition) is 2. The molecule has 0 aliphatic carbocycles. The Morgan fingerprint density at radius 1 is 0.917 bits per heavy atom. The van der Waals surface area contributed by atoms with Crippen LogP contribution in [0.4, 0.5) is 15.9 Å². The Kier molecular flexibility index (Phi) is 5.77. The highest BCUT2D eigenvalue weighted by Gasteiger charge is 2.26. The highest BCUT2D eigenvalue weighted by atomic mass is 19.1. The van der Waals surface area contributed by atoms with Gasteiger partial charge in [-0.1, -0.05) is 18.2 Å². The molecule has 0 aliphatic rings. The highest BCUT2D eigenvalue weighted by molar-refractivity contribution is 6.16. The molecule has 3 aromatic carbocycles. The molecule has 3 N–H and O–H groups in total. The summed E-state index contributed by atoms with van der Waals surface area (Å²) in [6.45, 7) is 0. The number of nitrogens with one attached hydrogen (secondary N) is 1. The van der Waals surface area contributed by atoms with Crippen molar-refractivity contribution in [2.75, 3.05) is 32.4 Å². The molecule has 1 amide bonds. The second-order valence-electron chi connectivity index (χ2n) is 7.83. The molecule has 0 saturated heterocycles. The number of rotatable bonds is 6. The molecular formula is C26H22FN5O4. The first-order valence-corrected chi connectivity index (χ1v) is 10.9. The number of benzene rings is 3. The third-order valence-corrected chi connectivity index (χ3v) is 5.72. The van der Waals surface area contributed by atoms with Crippen LogP contribution in [-0.4, -0.2) is 41.8 Å². The van der Waals surface area contributed by atoms with Gasteiger partial charge in [0.1, 0.15) is 22.7 Å². The van der Waals surface area contributed by atoms with Gasteiger partial charge < -0.3 is 25.3 Å². The average Bonchev–Trinajstić information content (AvgIpc) is 3.16. The van der Waals surface area contributed by atoms with E-state index in [-0.39, 0.29) is 22.6 Å². The summed E-state index contributed by atoms with van der Waals surface area (Å²) in [5.74, 6) is 0.244. The van der Waals surface area contributed by atoms with E-state index >= 15 is 0 Å². The first-order chi connectivity index (χ1) is 17.4. The minimum absolute atomic E-state index is 0.0866. The van der Waals surface area contributed by atoms with Gasteiger partial charge in [-0.15, -0.1) is 0 Å². The minimum Gasteiger partial charge on any atom is -0.493 e. The zero-order chi connectivity index (χ0) is 25.4. The number of halogens is 1. The average molecular weight is 487 g/mol. The van der Waals surface area contributed by atoms with Crippen LogP contribution >= 0.6 is 0 Å². The SMILES string of the molecule is COc1cc(-n2c(N)c(C(=O)Nc3cccc(F)c3)c3nc4ccccc4nc32)cc(OC)c1OC. The van der Waals surface area contributed by atoms with Crippen LogP contribution in [0.15, 0.2) is 60.7 Å². The van der Waals surface area contributed by atoms with Crippen molar-refractivity contribution in [3.63, 3.8) is 0 Å². The van der Waals surface area contributed by atoms with Crippen molar-refractivity contribution in [1.29, 1.82) is 0 Å². The van der Waals surface area contributed by atoms with Crippen molar-refractivity contribution >= 4 is 39.6 Å². The summed E-state index contributed by atoms with van der Waals surface area (Å²) < 4.78 is 31.7. The maximum atomic E-state index is 13.7. The zero-order valence-electron chi connectivity index (χ0n) is 19.7. The normalized spacial score (nSPS) is 11.0. The molecule has 0 bridgehead atoms. The number of aromatic nitrogens is 3. The molecule has 0 unspecified atom stereocenters. The molecule has 5 aromatic rings. The van der Waals surface area contributed by atoms with E-state index in [0.717, 1.165) is 0 Å². The summed E-state index contributed by atoms with van der Waals surface area (Å²) >= 11 is 0. The topological polar surface area (TPSA) is 114 Å². The van der Waals surface area contributed by atoms with Gasteiger partial charge in [-0.05, 0) is 30.3 Å². The van der Waals surface area contributed by atoms with Gasteiger partial charge in [0, 0.05) is 17.8 Å². The lowest BCUT2D eigenvalue weighted by Gasteiger charge is -2.16. The Bertz CT molecular complexity index is 1610. The second-order valence-corrected chi connectivity index (χ2v) is 7.83. The Balaban J connectivity index is 1.78. The molecule has 0 spiro atoms. The Labute approximate surface area is 205 Å². The molecule has 182 valence electrons. The van der Waals surface area contributed by atoms with Gasteiger partial charge in [-0.2, -0.15) is 0 Å². The standard InChI is InChI=1S/C26H22FN5O4/c1-34-19-12-16(13-20(35-2)23(19)36-3)32-24(28)21(26(33)29-15-8-6-7-14(27)11-15)22-25(32)31-18-10-5-4-9-17(18)30-22/h4-13H,28H2,1-3H3,(H,29,33). The molecule has 0 fully saturated rings. The van der Waals surface area contributed by atoms with E-state index in [2.05, 4.69) is 5.32 Å². The summed E-state index contributed by atoms with van der Waals surface area (Å²) in [4.78, 5) is 22.9. The Morgan fingerprint density at radius 2 is 1.58 bits per heavy atom. The summed E-state index contributed by atoms with van der Waals surface area (Å²) in [6.07, 6.45) is 0. The highest BCUT2D eigenvalue weighted by Crippen LogP contribution is 2.41. The lowest BCUT2D eigenvalue weighted by atomic mass is 10.2. The van der Waals surface area contributed by atoms with Gasteiger partial charge >= 0.3 is 0 Å². The maximum absolute atomic E-state index is 13.7. The van der Waals surface area contributed by atoms with Gasteiger partial charge in [-0.3, -0.25) is 9.36 Å². The fourth-order valence-electron chi connectivity index (χ4n) is 4.10. The summed E-state index contributed by atoms with van der Waals surface area (Å²) in [6, 6.07) is 16.3. The molecule has 0 atom stereocenters. The van der Waals surface area contributed by atoms with Crippen LogP contribution in [0.2, 0.25) is 0 Å². The number of ether oxygens (including phenoxy) is 3. The van der Waals surface area contributed by atoms with E-state index in [4.69, 9.17) is 29.9 Å². The van der Waals surface area contributed by atoms with E-state index in [9.17, 15) is 9.18 Å². The molecular weight excluding hydrogens is 465 g/mol. The predicted molar refractivity (Wildman–Crippen MR) is 135 cm³/mol. The van der Waals surface area contributed by atoms with Crippen LogP contribution in [0, 0.1) is 5.82 Å². The van der Waals surface area contributed by atoms with Gasteiger partial charge in [0.2, 0.25) is 5.75 Å². The number of para-hydroxylation sites is 2. The summed E-state index contributed by atoms with van der Waals surface area (Å²) in [5.41, 5.74) is 9.32. The van der Waals surface area contributed by atoms with E-state index in [1.807, 2.05) is 18.2 Å². The molecule has 0 aliphatic heterocycles. The number of amides is 1. The number of anilines is 2. The second kappa shape index (κ2) is 9.06. The molecule has 2 aromatic heterocycles. The summed E-state index contributed by atoms with van der Waals surface area (Å²) in [5, 5.41) is 2.70. The van der Waals surface area contributed by atoms with Crippen molar-refractivity contribution in [2.45, 2.75) is 0 Å². The molecule has 0 radical (unpaired) electrons. The largest absolute Gasteiger partial charge is 0.493 e. The number of nitrogens with zero attached hydrogens (tertiary/aromatic N) is 3. The molecule has 5 rings (SSSR count). The Hall–Kier alpha value is -4.86. The monoisotopic (exact) mass is 487 g/mol. The van der Waals surface area contributed by atoms with Crippen molar-refractivity contribution in [3.05, 3.63) is 72.0 Å². The summed E-state index contributed by atoms with van der Waals surface area (Å²) in [7, 11) is 4.51. The van der Waals surface area contributed by atoms with Crippen LogP contribution in [0.3, 0.4) is 0 Å². The minimum atomic E-state index is -0.557. The smallest absolute Gasteiger partial charge is 0.261 e. The van der Waals surface area contributed by atoms with Crippen molar-refractivity contribution in [2.24, 2.45) is 0 Å². The number of fused-ring (bicyclic) bond motifs is 2. The van der Waals surface area contributed by atoms with Gasteiger partial charge in [0.25, 0.3) is 5.91 Å². The van der Waals surface area contributed by atoms with E-state index in [1.54, 1.807) is 28.8 Å². The van der Waals surface area contributed by atoms with Crippen molar-refractivity contribution < 1.29 is 23.4 Å². The van der Waals surface area contributed by atoms with Gasteiger partial charge in [-0.25, -0.2) is 14.4 Å². The third-order valence-electron chi connectivity index (χ3n) is 5.72. The molecule has 10 heteroatoms. The zero-order valence-corrected chi connectivity index (χ0v) is 19.7. The fourth-order valence-corrected chi connectivity index (χ4v) is 4.10. The number of nitrogen functional groups attached to an aromatic ring is 1. The van der Waals surface area contributed by atoms with E-state index in [1.165, 1.54) is 39.5 Å². The molecule has 0 saturated carbocycles. The molecule has 36 heavy (non-hydrogen) atoms. The van der Waals surface area contributed by atoms with E-state index < -0.39 is 11.7 Å². The fraction of sp³-hybridized carbons (Fsp3) is 0.115. The number of nitrogens with two attached hydrogens (primary N) is 1. The van der Waals surface area contributed by atoms with Crippen LogP contribution in [0.25, 0.3) is 27.9 Å². The lowest BCUT2D eigenvalue weighted by Crippen LogP contribution is -2.14. The predicted octanol–water partition coefficient (Wildman–Crippen LogP) is 4.57. The van der Waals surface area contributed by atoms with Gasteiger partial charge in [0.15, 0.2) is 17.1 Å². The van der Waals surface area contributed by atoms with Gasteiger partial charge in [0.05, 0.1) is 38.1 Å².